The van der Waals surface area contributed by atoms with Gasteiger partial charge >= 0.3 is 0 Å². The van der Waals surface area contributed by atoms with Gasteiger partial charge in [0.1, 0.15) is 11.5 Å². The summed E-state index contributed by atoms with van der Waals surface area (Å²) < 4.78 is 0. The lowest BCUT2D eigenvalue weighted by Crippen LogP contribution is -1.91. The maximum Gasteiger partial charge on any atom is 0.115 e. The molecule has 0 amide bonds. The Labute approximate surface area is 245 Å². The first kappa shape index (κ1) is 36.5. The van der Waals surface area contributed by atoms with Crippen LogP contribution in [0.4, 0.5) is 0 Å². The molecule has 2 N–H and O–H groups in total. The number of benzene rings is 4. The van der Waals surface area contributed by atoms with Crippen LogP contribution in [0.2, 0.25) is 0 Å². The SMILES string of the molecule is CC.CC.CC.CC.Oc1ccc(CCCc2ccc(-c3ccc(CCCc4ccc(O)cc4)cc3)cc2)cc1. The Hall–Kier alpha value is -3.52. The molecule has 0 aromatic heterocycles. The molecule has 40 heavy (non-hydrogen) atoms. The lowest BCUT2D eigenvalue weighted by molar-refractivity contribution is 0.474. The Bertz CT molecular complexity index is 1000. The van der Waals surface area contributed by atoms with Crippen molar-refractivity contribution < 1.29 is 10.2 Å². The minimum Gasteiger partial charge on any atom is -0.508 e. The molecule has 0 unspecified atom stereocenters. The van der Waals surface area contributed by atoms with Crippen LogP contribution in [0.25, 0.3) is 11.1 Å². The summed E-state index contributed by atoms with van der Waals surface area (Å²) in [6.07, 6.45) is 6.36. The highest BCUT2D eigenvalue weighted by Crippen LogP contribution is 2.22. The lowest BCUT2D eigenvalue weighted by Gasteiger charge is -2.07. The molecular weight excluding hydrogens is 488 g/mol. The zero-order valence-electron chi connectivity index (χ0n) is 26.4. The van der Waals surface area contributed by atoms with Gasteiger partial charge in [-0.05, 0) is 96.2 Å². The molecule has 0 radical (unpaired) electrons. The predicted molar refractivity (Wildman–Crippen MR) is 178 cm³/mol. The van der Waals surface area contributed by atoms with E-state index in [4.69, 9.17) is 0 Å². The van der Waals surface area contributed by atoms with E-state index in [1.54, 1.807) is 24.3 Å². The van der Waals surface area contributed by atoms with Crippen LogP contribution in [-0.4, -0.2) is 10.2 Å². The number of aryl methyl sites for hydroxylation is 4. The van der Waals surface area contributed by atoms with E-state index in [1.165, 1.54) is 33.4 Å². The predicted octanol–water partition coefficient (Wildman–Crippen LogP) is 11.2. The molecular formula is C38H54O2. The van der Waals surface area contributed by atoms with Crippen molar-refractivity contribution in [1.29, 1.82) is 0 Å². The molecule has 0 saturated carbocycles. The molecule has 0 atom stereocenters. The molecule has 0 aliphatic carbocycles. The molecule has 2 nitrogen and oxygen atoms in total. The van der Waals surface area contributed by atoms with E-state index in [0.29, 0.717) is 11.5 Å². The molecule has 2 heteroatoms. The number of hydrogen-bond acceptors (Lipinski definition) is 2. The van der Waals surface area contributed by atoms with Crippen LogP contribution in [0.5, 0.6) is 11.5 Å². The highest BCUT2D eigenvalue weighted by atomic mass is 16.3. The van der Waals surface area contributed by atoms with Gasteiger partial charge in [-0.2, -0.15) is 0 Å². The first-order chi connectivity index (χ1) is 19.7. The van der Waals surface area contributed by atoms with Crippen LogP contribution in [0.15, 0.2) is 97.1 Å². The Morgan fingerprint density at radius 1 is 0.325 bits per heavy atom. The van der Waals surface area contributed by atoms with Gasteiger partial charge in [-0.15, -0.1) is 0 Å². The third-order valence-electron chi connectivity index (χ3n) is 5.98. The number of phenols is 2. The third-order valence-corrected chi connectivity index (χ3v) is 5.98. The molecule has 0 heterocycles. The van der Waals surface area contributed by atoms with Gasteiger partial charge in [0.25, 0.3) is 0 Å². The van der Waals surface area contributed by atoms with Gasteiger partial charge in [-0.3, -0.25) is 0 Å². The molecule has 0 aliphatic heterocycles. The smallest absolute Gasteiger partial charge is 0.115 e. The largest absolute Gasteiger partial charge is 0.508 e. The Morgan fingerprint density at radius 3 is 0.750 bits per heavy atom. The van der Waals surface area contributed by atoms with Gasteiger partial charge in [0, 0.05) is 0 Å². The lowest BCUT2D eigenvalue weighted by atomic mass is 9.98. The normalized spacial score (nSPS) is 9.30. The van der Waals surface area contributed by atoms with Crippen molar-refractivity contribution in [2.24, 2.45) is 0 Å². The highest BCUT2D eigenvalue weighted by Gasteiger charge is 2.02. The number of rotatable bonds is 9. The van der Waals surface area contributed by atoms with E-state index in [-0.39, 0.29) is 0 Å². The summed E-state index contributed by atoms with van der Waals surface area (Å²) in [5, 5.41) is 18.8. The first-order valence-corrected chi connectivity index (χ1v) is 15.4. The Balaban J connectivity index is 0.00000175. The van der Waals surface area contributed by atoms with Crippen molar-refractivity contribution in [3.8, 4) is 22.6 Å². The van der Waals surface area contributed by atoms with E-state index in [1.807, 2.05) is 79.7 Å². The maximum atomic E-state index is 9.38. The quantitative estimate of drug-likeness (QED) is 0.221. The second-order valence-electron chi connectivity index (χ2n) is 8.43. The molecule has 0 fully saturated rings. The fourth-order valence-corrected chi connectivity index (χ4v) is 4.05. The van der Waals surface area contributed by atoms with Gasteiger partial charge in [0.15, 0.2) is 0 Å². The summed E-state index contributed by atoms with van der Waals surface area (Å²) in [4.78, 5) is 0. The first-order valence-electron chi connectivity index (χ1n) is 15.4. The molecule has 218 valence electrons. The van der Waals surface area contributed by atoms with Gasteiger partial charge in [0.05, 0.1) is 0 Å². The van der Waals surface area contributed by atoms with Gasteiger partial charge in [-0.25, -0.2) is 0 Å². The van der Waals surface area contributed by atoms with Crippen molar-refractivity contribution in [3.63, 3.8) is 0 Å². The molecule has 4 aromatic carbocycles. The monoisotopic (exact) mass is 542 g/mol. The fourth-order valence-electron chi connectivity index (χ4n) is 4.05. The van der Waals surface area contributed by atoms with Crippen molar-refractivity contribution in [3.05, 3.63) is 119 Å². The van der Waals surface area contributed by atoms with Crippen molar-refractivity contribution in [2.45, 2.75) is 93.9 Å². The average molecular weight is 543 g/mol. The summed E-state index contributed by atoms with van der Waals surface area (Å²) in [5.41, 5.74) is 7.76. The zero-order chi connectivity index (χ0) is 30.2. The third kappa shape index (κ3) is 14.0. The number of aromatic hydroxyl groups is 2. The summed E-state index contributed by atoms with van der Waals surface area (Å²) in [6, 6.07) is 32.8. The van der Waals surface area contributed by atoms with Crippen LogP contribution < -0.4 is 0 Å². The van der Waals surface area contributed by atoms with E-state index in [0.717, 1.165) is 38.5 Å². The molecule has 0 aliphatic rings. The molecule has 0 saturated heterocycles. The van der Waals surface area contributed by atoms with Crippen LogP contribution >= 0.6 is 0 Å². The highest BCUT2D eigenvalue weighted by molar-refractivity contribution is 5.64. The minimum absolute atomic E-state index is 0.325. The molecule has 4 rings (SSSR count). The molecule has 4 aromatic rings. The summed E-state index contributed by atoms with van der Waals surface area (Å²) >= 11 is 0. The minimum atomic E-state index is 0.325. The van der Waals surface area contributed by atoms with E-state index < -0.39 is 0 Å². The van der Waals surface area contributed by atoms with Gasteiger partial charge < -0.3 is 10.2 Å². The van der Waals surface area contributed by atoms with Crippen molar-refractivity contribution in [2.75, 3.05) is 0 Å². The number of phenolic OH excluding ortho intramolecular Hbond substituents is 2. The Kier molecular flexibility index (Phi) is 21.3. The standard InChI is InChI=1S/C30H30O2.4C2H6/c31-29-19-11-25(12-20-29)5-1-3-23-7-15-27(16-8-23)28-17-9-24(10-18-28)4-2-6-26-13-21-30(32)22-14-26;4*1-2/h7-22,31-32H,1-6H2;4*1-2H3. The van der Waals surface area contributed by atoms with E-state index in [9.17, 15) is 10.2 Å². The maximum absolute atomic E-state index is 9.38. The van der Waals surface area contributed by atoms with Crippen molar-refractivity contribution >= 4 is 0 Å². The molecule has 0 bridgehead atoms. The van der Waals surface area contributed by atoms with Gasteiger partial charge in [-0.1, -0.05) is 128 Å². The van der Waals surface area contributed by atoms with Crippen LogP contribution in [0.3, 0.4) is 0 Å². The Morgan fingerprint density at radius 2 is 0.525 bits per heavy atom. The fraction of sp³-hybridized carbons (Fsp3) is 0.368. The van der Waals surface area contributed by atoms with E-state index in [2.05, 4.69) is 48.5 Å². The van der Waals surface area contributed by atoms with E-state index >= 15 is 0 Å². The van der Waals surface area contributed by atoms with Crippen molar-refractivity contribution in [1.82, 2.24) is 0 Å². The summed E-state index contributed by atoms with van der Waals surface area (Å²) in [7, 11) is 0. The van der Waals surface area contributed by atoms with Crippen LogP contribution in [0, 0.1) is 0 Å². The molecule has 0 spiro atoms. The number of hydrogen-bond donors (Lipinski definition) is 2. The zero-order valence-corrected chi connectivity index (χ0v) is 26.4. The van der Waals surface area contributed by atoms with Gasteiger partial charge in [0.2, 0.25) is 0 Å². The van der Waals surface area contributed by atoms with Crippen LogP contribution in [-0.2, 0) is 25.7 Å². The summed E-state index contributed by atoms with van der Waals surface area (Å²) in [5.74, 6) is 0.651. The topological polar surface area (TPSA) is 40.5 Å². The second kappa shape index (κ2) is 23.4. The van der Waals surface area contributed by atoms with Crippen LogP contribution in [0.1, 0.15) is 90.5 Å². The average Bonchev–Trinajstić information content (AvgIpc) is 3.04. The summed E-state index contributed by atoms with van der Waals surface area (Å²) in [6.45, 7) is 16.0. The second-order valence-corrected chi connectivity index (χ2v) is 8.43.